The lowest BCUT2D eigenvalue weighted by Gasteiger charge is -2.15. The predicted octanol–water partition coefficient (Wildman–Crippen LogP) is 5.32. The first kappa shape index (κ1) is 22.9. The molecule has 0 unspecified atom stereocenters. The SMILES string of the molecule is COc1ccccc1CNC(=NCc1ccc(C(F)(F)F)cc1)Nc1cc(F)ccc1O. The van der Waals surface area contributed by atoms with E-state index < -0.39 is 17.6 Å². The molecule has 3 aromatic rings. The number of methoxy groups -OCH3 is 1. The number of hydrogen-bond donors (Lipinski definition) is 3. The van der Waals surface area contributed by atoms with Gasteiger partial charge in [-0.3, -0.25) is 0 Å². The molecule has 0 saturated carbocycles. The van der Waals surface area contributed by atoms with Gasteiger partial charge >= 0.3 is 6.18 Å². The molecule has 3 rings (SSSR count). The fourth-order valence-electron chi connectivity index (χ4n) is 2.87. The summed E-state index contributed by atoms with van der Waals surface area (Å²) >= 11 is 0. The molecule has 0 spiro atoms. The summed E-state index contributed by atoms with van der Waals surface area (Å²) in [5, 5.41) is 15.9. The van der Waals surface area contributed by atoms with Gasteiger partial charge in [0.2, 0.25) is 0 Å². The minimum Gasteiger partial charge on any atom is -0.506 e. The maximum Gasteiger partial charge on any atom is 0.416 e. The molecule has 3 aromatic carbocycles. The average Bonchev–Trinajstić information content (AvgIpc) is 2.77. The zero-order valence-electron chi connectivity index (χ0n) is 17.1. The summed E-state index contributed by atoms with van der Waals surface area (Å²) < 4.78 is 57.2. The summed E-state index contributed by atoms with van der Waals surface area (Å²) in [5.74, 6) is 0.0947. The predicted molar refractivity (Wildman–Crippen MR) is 114 cm³/mol. The number of nitrogens with one attached hydrogen (secondary N) is 2. The minimum absolute atomic E-state index is 0.0511. The Morgan fingerprint density at radius 1 is 1.03 bits per heavy atom. The van der Waals surface area contributed by atoms with Crippen LogP contribution in [0.25, 0.3) is 0 Å². The van der Waals surface area contributed by atoms with Crippen molar-refractivity contribution in [2.75, 3.05) is 12.4 Å². The molecule has 9 heteroatoms. The molecule has 0 amide bonds. The van der Waals surface area contributed by atoms with Gasteiger partial charge in [0.1, 0.15) is 17.3 Å². The highest BCUT2D eigenvalue weighted by atomic mass is 19.4. The second kappa shape index (κ2) is 10.0. The number of phenols is 1. The van der Waals surface area contributed by atoms with Crippen LogP contribution in [0.4, 0.5) is 23.2 Å². The van der Waals surface area contributed by atoms with Crippen LogP contribution in [0.1, 0.15) is 16.7 Å². The highest BCUT2D eigenvalue weighted by molar-refractivity contribution is 5.94. The molecule has 0 aliphatic carbocycles. The van der Waals surface area contributed by atoms with Gasteiger partial charge in [-0.15, -0.1) is 0 Å². The van der Waals surface area contributed by atoms with Crippen molar-refractivity contribution in [3.05, 3.63) is 89.2 Å². The van der Waals surface area contributed by atoms with Crippen LogP contribution in [-0.2, 0) is 19.3 Å². The third-order valence-corrected chi connectivity index (χ3v) is 4.55. The molecule has 0 saturated heterocycles. The molecule has 5 nitrogen and oxygen atoms in total. The zero-order valence-corrected chi connectivity index (χ0v) is 17.1. The molecular weight excluding hydrogens is 426 g/mol. The first-order valence-electron chi connectivity index (χ1n) is 9.58. The molecule has 0 aromatic heterocycles. The number of nitrogens with zero attached hydrogens (tertiary/aromatic N) is 1. The number of rotatable bonds is 6. The average molecular weight is 447 g/mol. The number of guanidine groups is 1. The van der Waals surface area contributed by atoms with Crippen LogP contribution in [0.3, 0.4) is 0 Å². The highest BCUT2D eigenvalue weighted by Gasteiger charge is 2.29. The standard InChI is InChI=1S/C23H21F4N3O2/c1-32-21-5-3-2-4-16(21)14-29-22(30-19-12-18(24)10-11-20(19)31)28-13-15-6-8-17(9-7-15)23(25,26)27/h2-12,31H,13-14H2,1H3,(H2,28,29,30). The fourth-order valence-corrected chi connectivity index (χ4v) is 2.87. The smallest absolute Gasteiger partial charge is 0.416 e. The van der Waals surface area contributed by atoms with Gasteiger partial charge < -0.3 is 20.5 Å². The van der Waals surface area contributed by atoms with Gasteiger partial charge in [0.25, 0.3) is 0 Å². The van der Waals surface area contributed by atoms with Crippen molar-refractivity contribution in [2.24, 2.45) is 4.99 Å². The molecular formula is C23H21F4N3O2. The van der Waals surface area contributed by atoms with Gasteiger partial charge in [0.05, 0.1) is 24.9 Å². The third kappa shape index (κ3) is 6.13. The van der Waals surface area contributed by atoms with Crippen LogP contribution >= 0.6 is 0 Å². The lowest BCUT2D eigenvalue weighted by molar-refractivity contribution is -0.137. The van der Waals surface area contributed by atoms with Gasteiger partial charge in [-0.25, -0.2) is 9.38 Å². The molecule has 0 radical (unpaired) electrons. The molecule has 0 aliphatic heterocycles. The lowest BCUT2D eigenvalue weighted by Crippen LogP contribution is -2.30. The number of halogens is 4. The number of aromatic hydroxyl groups is 1. The summed E-state index contributed by atoms with van der Waals surface area (Å²) in [7, 11) is 1.54. The van der Waals surface area contributed by atoms with Crippen LogP contribution in [-0.4, -0.2) is 18.2 Å². The molecule has 168 valence electrons. The quantitative estimate of drug-likeness (QED) is 0.207. The Labute approximate surface area is 182 Å². The second-order valence-corrected chi connectivity index (χ2v) is 6.81. The Morgan fingerprint density at radius 3 is 2.44 bits per heavy atom. The number of anilines is 1. The molecule has 32 heavy (non-hydrogen) atoms. The molecule has 3 N–H and O–H groups in total. The highest BCUT2D eigenvalue weighted by Crippen LogP contribution is 2.29. The summed E-state index contributed by atoms with van der Waals surface area (Å²) in [6.07, 6.45) is -4.42. The van der Waals surface area contributed by atoms with Crippen molar-refractivity contribution in [1.82, 2.24) is 5.32 Å². The monoisotopic (exact) mass is 447 g/mol. The number of hydrogen-bond acceptors (Lipinski definition) is 3. The maximum atomic E-state index is 13.6. The van der Waals surface area contributed by atoms with Crippen molar-refractivity contribution in [3.63, 3.8) is 0 Å². The first-order valence-corrected chi connectivity index (χ1v) is 9.58. The van der Waals surface area contributed by atoms with E-state index in [0.717, 1.165) is 29.8 Å². The number of phenolic OH excluding ortho intramolecular Hbond substituents is 1. The van der Waals surface area contributed by atoms with Gasteiger partial charge in [0.15, 0.2) is 5.96 Å². The number of ether oxygens (including phenoxy) is 1. The molecule has 0 heterocycles. The van der Waals surface area contributed by atoms with E-state index in [0.29, 0.717) is 17.9 Å². The normalized spacial score (nSPS) is 11.8. The summed E-state index contributed by atoms with van der Waals surface area (Å²) in [4.78, 5) is 4.36. The van der Waals surface area contributed by atoms with Crippen molar-refractivity contribution < 1.29 is 27.4 Å². The van der Waals surface area contributed by atoms with Gasteiger partial charge in [-0.05, 0) is 35.9 Å². The minimum atomic E-state index is -4.42. The summed E-state index contributed by atoms with van der Waals surface area (Å²) in [6, 6.07) is 15.4. The fraction of sp³-hybridized carbons (Fsp3) is 0.174. The topological polar surface area (TPSA) is 65.9 Å². The van der Waals surface area contributed by atoms with Gasteiger partial charge in [0, 0.05) is 18.2 Å². The van der Waals surface area contributed by atoms with E-state index in [-0.39, 0.29) is 23.9 Å². The van der Waals surface area contributed by atoms with E-state index in [1.54, 1.807) is 13.2 Å². The van der Waals surface area contributed by atoms with Gasteiger partial charge in [-0.2, -0.15) is 13.2 Å². The van der Waals surface area contributed by atoms with Gasteiger partial charge in [-0.1, -0.05) is 30.3 Å². The van der Waals surface area contributed by atoms with Crippen molar-refractivity contribution >= 4 is 11.6 Å². The molecule has 0 fully saturated rings. The number of alkyl halides is 3. The van der Waals surface area contributed by atoms with Crippen LogP contribution in [0.5, 0.6) is 11.5 Å². The van der Waals surface area contributed by atoms with E-state index in [4.69, 9.17) is 4.74 Å². The number of aliphatic imine (C=N–C) groups is 1. The summed E-state index contributed by atoms with van der Waals surface area (Å²) in [6.45, 7) is 0.342. The first-order chi connectivity index (χ1) is 15.3. The third-order valence-electron chi connectivity index (χ3n) is 4.55. The largest absolute Gasteiger partial charge is 0.506 e. The number of para-hydroxylation sites is 1. The second-order valence-electron chi connectivity index (χ2n) is 6.81. The Morgan fingerprint density at radius 2 is 1.75 bits per heavy atom. The molecule has 0 aliphatic rings. The summed E-state index contributed by atoms with van der Waals surface area (Å²) in [5.41, 5.74) is 0.702. The van der Waals surface area contributed by atoms with Crippen LogP contribution in [0.15, 0.2) is 71.7 Å². The van der Waals surface area contributed by atoms with Crippen LogP contribution < -0.4 is 15.4 Å². The Hall–Kier alpha value is -3.75. The van der Waals surface area contributed by atoms with E-state index >= 15 is 0 Å². The van der Waals surface area contributed by atoms with Crippen LogP contribution in [0.2, 0.25) is 0 Å². The number of benzene rings is 3. The molecule has 0 atom stereocenters. The van der Waals surface area contributed by atoms with Crippen molar-refractivity contribution in [3.8, 4) is 11.5 Å². The molecule has 0 bridgehead atoms. The Balaban J connectivity index is 1.81. The van der Waals surface area contributed by atoms with Crippen LogP contribution in [0, 0.1) is 5.82 Å². The van der Waals surface area contributed by atoms with E-state index in [9.17, 15) is 22.7 Å². The Bertz CT molecular complexity index is 1080. The van der Waals surface area contributed by atoms with E-state index in [1.807, 2.05) is 18.2 Å². The van der Waals surface area contributed by atoms with E-state index in [2.05, 4.69) is 15.6 Å². The van der Waals surface area contributed by atoms with E-state index in [1.165, 1.54) is 18.2 Å². The maximum absolute atomic E-state index is 13.6. The Kier molecular flexibility index (Phi) is 7.19. The lowest BCUT2D eigenvalue weighted by atomic mass is 10.1. The van der Waals surface area contributed by atoms with Crippen molar-refractivity contribution in [2.45, 2.75) is 19.3 Å². The van der Waals surface area contributed by atoms with Crippen molar-refractivity contribution in [1.29, 1.82) is 0 Å². The zero-order chi connectivity index (χ0) is 23.1.